The molecule has 0 saturated heterocycles. The van der Waals surface area contributed by atoms with Crippen LogP contribution in [0.5, 0.6) is 5.75 Å². The summed E-state index contributed by atoms with van der Waals surface area (Å²) in [7, 11) is -2.02. The largest absolute Gasteiger partial charge is 0.544 e. The van der Waals surface area contributed by atoms with E-state index in [2.05, 4.69) is 56.5 Å². The van der Waals surface area contributed by atoms with Crippen LogP contribution in [0.3, 0.4) is 0 Å². The lowest BCUT2D eigenvalue weighted by Crippen LogP contribution is -2.41. The smallest absolute Gasteiger partial charge is 0.416 e. The minimum Gasteiger partial charge on any atom is -0.544 e. The van der Waals surface area contributed by atoms with Crippen molar-refractivity contribution >= 4 is 30.9 Å². The van der Waals surface area contributed by atoms with Crippen LogP contribution in [-0.4, -0.2) is 19.4 Å². The van der Waals surface area contributed by atoms with E-state index in [0.717, 1.165) is 16.6 Å². The molecule has 0 bridgehead atoms. The lowest BCUT2D eigenvalue weighted by Gasteiger charge is -2.37. The third-order valence-electron chi connectivity index (χ3n) is 4.04. The Morgan fingerprint density at radius 1 is 1.21 bits per heavy atom. The van der Waals surface area contributed by atoms with Crippen LogP contribution < -0.4 is 4.74 Å². The molecule has 1 aromatic rings. The second-order valence-corrected chi connectivity index (χ2v) is 12.6. The van der Waals surface area contributed by atoms with Crippen molar-refractivity contribution < 1.29 is 22.3 Å². The van der Waals surface area contributed by atoms with Crippen LogP contribution in [-0.2, 0) is 10.6 Å². The fourth-order valence-corrected chi connectivity index (χ4v) is 3.21. The van der Waals surface area contributed by atoms with Gasteiger partial charge >= 0.3 is 6.18 Å². The SMILES string of the molecule is CC(C)(C)[Si](C)(C)OC(=CCI)COc1cccc(C(F)(F)F)c1. The van der Waals surface area contributed by atoms with E-state index in [1.165, 1.54) is 12.1 Å². The summed E-state index contributed by atoms with van der Waals surface area (Å²) in [6, 6.07) is 4.90. The van der Waals surface area contributed by atoms with Crippen molar-refractivity contribution in [2.45, 2.75) is 45.1 Å². The molecule has 0 atom stereocenters. The minimum absolute atomic E-state index is 0.0353. The van der Waals surface area contributed by atoms with Gasteiger partial charge in [-0.1, -0.05) is 49.4 Å². The number of allylic oxidation sites excluding steroid dienone is 1. The highest BCUT2D eigenvalue weighted by Gasteiger charge is 2.39. The van der Waals surface area contributed by atoms with Crippen LogP contribution in [0, 0.1) is 0 Å². The van der Waals surface area contributed by atoms with E-state index in [4.69, 9.17) is 9.16 Å². The maximum Gasteiger partial charge on any atom is 0.416 e. The number of hydrogen-bond donors (Lipinski definition) is 0. The third kappa shape index (κ3) is 6.31. The zero-order valence-electron chi connectivity index (χ0n) is 14.6. The van der Waals surface area contributed by atoms with E-state index in [9.17, 15) is 13.2 Å². The number of halogens is 4. The van der Waals surface area contributed by atoms with Crippen molar-refractivity contribution in [3.63, 3.8) is 0 Å². The van der Waals surface area contributed by atoms with Crippen molar-refractivity contribution in [3.8, 4) is 5.75 Å². The zero-order chi connectivity index (χ0) is 18.6. The Labute approximate surface area is 156 Å². The minimum atomic E-state index is -4.38. The van der Waals surface area contributed by atoms with Crippen LogP contribution in [0.25, 0.3) is 0 Å². The van der Waals surface area contributed by atoms with Gasteiger partial charge < -0.3 is 9.16 Å². The Balaban J connectivity index is 2.84. The Hall–Kier alpha value is -0.703. The van der Waals surface area contributed by atoms with Crippen molar-refractivity contribution in [1.82, 2.24) is 0 Å². The summed E-state index contributed by atoms with van der Waals surface area (Å²) in [6.45, 7) is 10.8. The second kappa shape index (κ2) is 8.12. The molecule has 0 aliphatic carbocycles. The lowest BCUT2D eigenvalue weighted by molar-refractivity contribution is -0.137. The van der Waals surface area contributed by atoms with E-state index in [-0.39, 0.29) is 17.4 Å². The summed E-state index contributed by atoms with van der Waals surface area (Å²) < 4.78 is 50.8. The van der Waals surface area contributed by atoms with Crippen LogP contribution in [0.15, 0.2) is 36.1 Å². The first kappa shape index (κ1) is 21.3. The number of alkyl halides is 4. The van der Waals surface area contributed by atoms with Crippen molar-refractivity contribution in [3.05, 3.63) is 41.7 Å². The molecule has 0 heterocycles. The highest BCUT2D eigenvalue weighted by atomic mass is 127. The Morgan fingerprint density at radius 2 is 1.83 bits per heavy atom. The molecule has 0 saturated carbocycles. The summed E-state index contributed by atoms with van der Waals surface area (Å²) >= 11 is 2.20. The molecule has 7 heteroatoms. The normalized spacial score (nSPS) is 13.8. The summed E-state index contributed by atoms with van der Waals surface area (Å²) in [6.07, 6.45) is -2.47. The molecule has 0 aliphatic rings. The number of ether oxygens (including phenoxy) is 1. The molecule has 1 aromatic carbocycles. The summed E-state index contributed by atoms with van der Waals surface area (Å²) in [4.78, 5) is 0. The molecule has 136 valence electrons. The highest BCUT2D eigenvalue weighted by Crippen LogP contribution is 2.38. The van der Waals surface area contributed by atoms with Gasteiger partial charge in [0.15, 0.2) is 0 Å². The highest BCUT2D eigenvalue weighted by molar-refractivity contribution is 14.1. The molecule has 0 aliphatic heterocycles. The van der Waals surface area contributed by atoms with Crippen LogP contribution in [0.4, 0.5) is 13.2 Å². The van der Waals surface area contributed by atoms with E-state index in [1.54, 1.807) is 0 Å². The van der Waals surface area contributed by atoms with Crippen molar-refractivity contribution in [1.29, 1.82) is 0 Å². The lowest BCUT2D eigenvalue weighted by atomic mass is 10.2. The first-order valence-corrected chi connectivity index (χ1v) is 12.0. The van der Waals surface area contributed by atoms with E-state index < -0.39 is 20.1 Å². The van der Waals surface area contributed by atoms with E-state index >= 15 is 0 Å². The second-order valence-electron chi connectivity index (χ2n) is 7.00. The van der Waals surface area contributed by atoms with Crippen LogP contribution in [0.2, 0.25) is 18.1 Å². The maximum absolute atomic E-state index is 12.8. The van der Waals surface area contributed by atoms with Gasteiger partial charge in [0.1, 0.15) is 18.1 Å². The Kier molecular flexibility index (Phi) is 7.22. The molecule has 0 unspecified atom stereocenters. The molecular weight excluding hydrogens is 448 g/mol. The fraction of sp³-hybridized carbons (Fsp3) is 0.529. The molecule has 24 heavy (non-hydrogen) atoms. The quantitative estimate of drug-likeness (QED) is 0.206. The van der Waals surface area contributed by atoms with Gasteiger partial charge in [0.25, 0.3) is 0 Å². The van der Waals surface area contributed by atoms with E-state index in [1.807, 2.05) is 6.08 Å². The van der Waals surface area contributed by atoms with Gasteiger partial charge in [-0.2, -0.15) is 13.2 Å². The van der Waals surface area contributed by atoms with Gasteiger partial charge in [-0.05, 0) is 42.4 Å². The number of hydrogen-bond acceptors (Lipinski definition) is 2. The maximum atomic E-state index is 12.8. The molecule has 0 fully saturated rings. The van der Waals surface area contributed by atoms with Crippen LogP contribution >= 0.6 is 22.6 Å². The van der Waals surface area contributed by atoms with Gasteiger partial charge in [-0.25, -0.2) is 0 Å². The predicted molar refractivity (Wildman–Crippen MR) is 102 cm³/mol. The van der Waals surface area contributed by atoms with Crippen molar-refractivity contribution in [2.24, 2.45) is 0 Å². The Morgan fingerprint density at radius 3 is 2.33 bits per heavy atom. The van der Waals surface area contributed by atoms with E-state index in [0.29, 0.717) is 5.76 Å². The predicted octanol–water partition coefficient (Wildman–Crippen LogP) is 6.42. The van der Waals surface area contributed by atoms with Crippen molar-refractivity contribution in [2.75, 3.05) is 11.0 Å². The standard InChI is InChI=1S/C17H24F3IO2Si/c1-16(2,3)24(4,5)23-15(9-10-21)12-22-14-8-6-7-13(11-14)17(18,19)20/h6-9,11H,10,12H2,1-5H3. The molecule has 0 radical (unpaired) electrons. The molecule has 1 rings (SSSR count). The number of rotatable bonds is 6. The average molecular weight is 472 g/mol. The summed E-state index contributed by atoms with van der Waals surface area (Å²) in [5.74, 6) is 0.858. The van der Waals surface area contributed by atoms with Gasteiger partial charge in [-0.3, -0.25) is 0 Å². The zero-order valence-corrected chi connectivity index (χ0v) is 17.8. The summed E-state index contributed by atoms with van der Waals surface area (Å²) in [5, 5.41) is 0.0353. The first-order chi connectivity index (χ1) is 10.9. The molecule has 0 N–H and O–H groups in total. The summed E-state index contributed by atoms with van der Waals surface area (Å²) in [5.41, 5.74) is -0.718. The molecule has 2 nitrogen and oxygen atoms in total. The van der Waals surface area contributed by atoms with Crippen LogP contribution in [0.1, 0.15) is 26.3 Å². The molecular formula is C17H24F3IO2Si. The third-order valence-corrected chi connectivity index (χ3v) is 8.86. The monoisotopic (exact) mass is 472 g/mol. The molecule has 0 amide bonds. The average Bonchev–Trinajstić information content (AvgIpc) is 2.43. The van der Waals surface area contributed by atoms with Gasteiger partial charge in [0.05, 0.1) is 5.56 Å². The van der Waals surface area contributed by atoms with Gasteiger partial charge in [-0.15, -0.1) is 0 Å². The number of benzene rings is 1. The van der Waals surface area contributed by atoms with Gasteiger partial charge in [0.2, 0.25) is 8.32 Å². The molecule has 0 aromatic heterocycles. The Bertz CT molecular complexity index is 578. The molecule has 0 spiro atoms. The van der Waals surface area contributed by atoms with Gasteiger partial charge in [0, 0.05) is 4.43 Å². The topological polar surface area (TPSA) is 18.5 Å². The fourth-order valence-electron chi connectivity index (χ4n) is 1.61. The first-order valence-electron chi connectivity index (χ1n) is 7.61.